The van der Waals surface area contributed by atoms with E-state index in [2.05, 4.69) is 29.3 Å². The largest absolute Gasteiger partial charge is 0.497 e. The molecule has 0 N–H and O–H groups in total. The fraction of sp³-hybridized carbons (Fsp3) is 0.120. The van der Waals surface area contributed by atoms with Crippen molar-refractivity contribution < 1.29 is 9.15 Å². The second kappa shape index (κ2) is 7.47. The summed E-state index contributed by atoms with van der Waals surface area (Å²) in [5.74, 6) is 1.55. The zero-order valence-corrected chi connectivity index (χ0v) is 17.4. The molecule has 5 heteroatoms. The van der Waals surface area contributed by atoms with E-state index in [1.165, 1.54) is 5.56 Å². The molecule has 4 nitrogen and oxygen atoms in total. The van der Waals surface area contributed by atoms with Crippen molar-refractivity contribution in [1.82, 2.24) is 0 Å². The van der Waals surface area contributed by atoms with Crippen LogP contribution in [0.4, 0.5) is 0 Å². The third-order valence-corrected chi connectivity index (χ3v) is 5.57. The highest BCUT2D eigenvalue weighted by Crippen LogP contribution is 2.32. The number of methoxy groups -OCH3 is 1. The Kier molecular flexibility index (Phi) is 4.64. The highest BCUT2D eigenvalue weighted by Gasteiger charge is 2.25. The van der Waals surface area contributed by atoms with Gasteiger partial charge in [-0.15, -0.1) is 5.10 Å². The summed E-state index contributed by atoms with van der Waals surface area (Å²) in [6.45, 7) is 2.09. The quantitative estimate of drug-likeness (QED) is 0.400. The zero-order valence-electron chi connectivity index (χ0n) is 16.6. The van der Waals surface area contributed by atoms with Crippen LogP contribution < -0.4 is 4.74 Å². The molecule has 1 aromatic heterocycles. The van der Waals surface area contributed by atoms with Crippen LogP contribution in [-0.2, 0) is 6.42 Å². The molecule has 0 radical (unpaired) electrons. The summed E-state index contributed by atoms with van der Waals surface area (Å²) < 4.78 is 11.6. The van der Waals surface area contributed by atoms with Crippen LogP contribution in [0.1, 0.15) is 28.0 Å². The Balaban J connectivity index is 1.72. The zero-order chi connectivity index (χ0) is 20.7. The van der Waals surface area contributed by atoms with Gasteiger partial charge in [0.2, 0.25) is 0 Å². The Morgan fingerprint density at radius 2 is 1.63 bits per heavy atom. The van der Waals surface area contributed by atoms with E-state index in [0.29, 0.717) is 17.2 Å². The van der Waals surface area contributed by atoms with E-state index in [1.54, 1.807) is 7.11 Å². The van der Waals surface area contributed by atoms with Gasteiger partial charge in [0.25, 0.3) is 0 Å². The van der Waals surface area contributed by atoms with Crippen LogP contribution in [0.2, 0.25) is 5.02 Å². The van der Waals surface area contributed by atoms with Crippen LogP contribution in [0, 0.1) is 6.92 Å². The van der Waals surface area contributed by atoms with Crippen LogP contribution in [-0.4, -0.2) is 18.5 Å². The maximum atomic E-state index is 6.30. The first kappa shape index (κ1) is 18.6. The van der Waals surface area contributed by atoms with Crippen LogP contribution >= 0.6 is 11.6 Å². The molecule has 0 unspecified atom stereocenters. The number of furan rings is 1. The second-order valence-electron chi connectivity index (χ2n) is 7.32. The third-order valence-electron chi connectivity index (χ3n) is 5.32. The summed E-state index contributed by atoms with van der Waals surface area (Å²) in [6, 6.07) is 21.7. The minimum atomic E-state index is 0.622. The fourth-order valence-electron chi connectivity index (χ4n) is 3.73. The molecule has 2 heterocycles. The van der Waals surface area contributed by atoms with Gasteiger partial charge in [-0.2, -0.15) is 5.10 Å². The maximum absolute atomic E-state index is 6.30. The minimum absolute atomic E-state index is 0.622. The van der Waals surface area contributed by atoms with Crippen molar-refractivity contribution in [2.75, 3.05) is 7.11 Å². The van der Waals surface area contributed by atoms with Gasteiger partial charge in [0.1, 0.15) is 17.0 Å². The van der Waals surface area contributed by atoms with Gasteiger partial charge in [-0.25, -0.2) is 0 Å². The van der Waals surface area contributed by atoms with Crippen molar-refractivity contribution in [3.63, 3.8) is 0 Å². The molecule has 0 amide bonds. The van der Waals surface area contributed by atoms with Gasteiger partial charge in [0.15, 0.2) is 5.76 Å². The molecular weight excluding hydrogens is 396 g/mol. The van der Waals surface area contributed by atoms with Gasteiger partial charge in [0, 0.05) is 28.0 Å². The predicted molar refractivity (Wildman–Crippen MR) is 121 cm³/mol. The fourth-order valence-corrected chi connectivity index (χ4v) is 3.85. The summed E-state index contributed by atoms with van der Waals surface area (Å²) in [7, 11) is 1.65. The van der Waals surface area contributed by atoms with E-state index < -0.39 is 0 Å². The normalized spacial score (nSPS) is 13.4. The van der Waals surface area contributed by atoms with Gasteiger partial charge in [-0.3, -0.25) is 0 Å². The number of ether oxygens (including phenoxy) is 1. The molecule has 0 saturated carbocycles. The Bertz CT molecular complexity index is 1300. The van der Waals surface area contributed by atoms with E-state index >= 15 is 0 Å². The summed E-state index contributed by atoms with van der Waals surface area (Å²) in [4.78, 5) is 0. The summed E-state index contributed by atoms with van der Waals surface area (Å²) in [5, 5.41) is 11.0. The van der Waals surface area contributed by atoms with Crippen LogP contribution in [0.25, 0.3) is 11.0 Å². The molecule has 0 bridgehead atoms. The van der Waals surface area contributed by atoms with E-state index in [9.17, 15) is 0 Å². The molecule has 0 fully saturated rings. The first-order valence-corrected chi connectivity index (χ1v) is 10.1. The lowest BCUT2D eigenvalue weighted by atomic mass is 9.96. The lowest BCUT2D eigenvalue weighted by Crippen LogP contribution is -2.06. The molecule has 30 heavy (non-hydrogen) atoms. The number of rotatable bonds is 3. The van der Waals surface area contributed by atoms with Crippen molar-refractivity contribution in [3.05, 3.63) is 99.8 Å². The topological polar surface area (TPSA) is 47.1 Å². The minimum Gasteiger partial charge on any atom is -0.497 e. The van der Waals surface area contributed by atoms with Gasteiger partial charge in [0.05, 0.1) is 12.8 Å². The molecule has 1 aliphatic rings. The Hall–Kier alpha value is -3.37. The van der Waals surface area contributed by atoms with Crippen molar-refractivity contribution in [2.24, 2.45) is 10.2 Å². The number of nitrogens with zero attached hydrogens (tertiary/aromatic N) is 2. The summed E-state index contributed by atoms with van der Waals surface area (Å²) >= 11 is 6.08. The molecular formula is C25H19ClN2O2. The number of fused-ring (bicyclic) bond motifs is 3. The Morgan fingerprint density at radius 1 is 0.900 bits per heavy atom. The first-order valence-electron chi connectivity index (χ1n) is 9.69. The number of benzene rings is 3. The molecule has 0 atom stereocenters. The van der Waals surface area contributed by atoms with Crippen molar-refractivity contribution >= 4 is 34.0 Å². The SMILES string of the molecule is COc1ccc(C2=NN=C(c3ccc(Cl)cc3)Cc3c2oc2ccc(C)cc32)cc1. The molecule has 5 rings (SSSR count). The summed E-state index contributed by atoms with van der Waals surface area (Å²) in [6.07, 6.45) is 0.622. The highest BCUT2D eigenvalue weighted by atomic mass is 35.5. The van der Waals surface area contributed by atoms with E-state index in [-0.39, 0.29) is 0 Å². The van der Waals surface area contributed by atoms with Crippen molar-refractivity contribution in [3.8, 4) is 5.75 Å². The average Bonchev–Trinajstić information content (AvgIpc) is 3.00. The summed E-state index contributed by atoms with van der Waals surface area (Å²) in [5.41, 5.74) is 6.63. The Morgan fingerprint density at radius 3 is 2.37 bits per heavy atom. The number of hydrogen-bond donors (Lipinski definition) is 0. The van der Waals surface area contributed by atoms with Gasteiger partial charge < -0.3 is 9.15 Å². The molecule has 0 saturated heterocycles. The van der Waals surface area contributed by atoms with E-state index in [4.69, 9.17) is 20.8 Å². The van der Waals surface area contributed by atoms with Crippen LogP contribution in [0.5, 0.6) is 5.75 Å². The van der Waals surface area contributed by atoms with Gasteiger partial charge in [-0.1, -0.05) is 35.4 Å². The molecule has 4 aromatic rings. The molecule has 0 spiro atoms. The van der Waals surface area contributed by atoms with Crippen LogP contribution in [0.3, 0.4) is 0 Å². The number of halogens is 1. The maximum Gasteiger partial charge on any atom is 0.159 e. The molecule has 1 aliphatic heterocycles. The highest BCUT2D eigenvalue weighted by molar-refractivity contribution is 6.30. The average molecular weight is 415 g/mol. The lowest BCUT2D eigenvalue weighted by Gasteiger charge is -2.05. The van der Waals surface area contributed by atoms with Gasteiger partial charge >= 0.3 is 0 Å². The Labute approximate surface area is 179 Å². The number of hydrogen-bond acceptors (Lipinski definition) is 4. The lowest BCUT2D eigenvalue weighted by molar-refractivity contribution is 0.415. The first-order chi connectivity index (χ1) is 14.6. The van der Waals surface area contributed by atoms with E-state index in [1.807, 2.05) is 54.6 Å². The van der Waals surface area contributed by atoms with Gasteiger partial charge in [-0.05, 0) is 61.0 Å². The number of aryl methyl sites for hydroxylation is 1. The third kappa shape index (κ3) is 3.29. The molecule has 3 aromatic carbocycles. The second-order valence-corrected chi connectivity index (χ2v) is 7.75. The smallest absolute Gasteiger partial charge is 0.159 e. The van der Waals surface area contributed by atoms with Crippen molar-refractivity contribution in [2.45, 2.75) is 13.3 Å². The predicted octanol–water partition coefficient (Wildman–Crippen LogP) is 6.20. The monoisotopic (exact) mass is 414 g/mol. The molecule has 0 aliphatic carbocycles. The standard InChI is InChI=1S/C25H19ClN2O2/c1-15-3-12-23-20(13-15)21-14-22(16-4-8-18(26)9-5-16)27-28-24(25(21)30-23)17-6-10-19(29-2)11-7-17/h3-13H,14H2,1-2H3. The molecule has 148 valence electrons. The van der Waals surface area contributed by atoms with Crippen LogP contribution in [0.15, 0.2) is 81.4 Å². The van der Waals surface area contributed by atoms with E-state index in [0.717, 1.165) is 44.9 Å². The van der Waals surface area contributed by atoms with Crippen molar-refractivity contribution in [1.29, 1.82) is 0 Å².